The molecule has 0 saturated heterocycles. The Kier molecular flexibility index (Phi) is 5.53. The molecule has 2 atom stereocenters. The predicted octanol–water partition coefficient (Wildman–Crippen LogP) is 2.59. The van der Waals surface area contributed by atoms with Gasteiger partial charge in [0.15, 0.2) is 0 Å². The van der Waals surface area contributed by atoms with Gasteiger partial charge in [-0.15, -0.1) is 6.58 Å². The molecule has 0 amide bonds. The molecule has 92 valence electrons. The van der Waals surface area contributed by atoms with E-state index in [1.807, 2.05) is 0 Å². The number of hydrogen-bond donors (Lipinski definition) is 2. The first-order valence-corrected chi connectivity index (χ1v) is 6.14. The fraction of sp³-hybridized carbons (Fsp3) is 0.769. The molecule has 1 aliphatic carbocycles. The van der Waals surface area contributed by atoms with Crippen molar-refractivity contribution < 1.29 is 15.0 Å². The number of carbonyl (C=O) groups is 1. The second-order valence-electron chi connectivity index (χ2n) is 4.84. The van der Waals surface area contributed by atoms with E-state index >= 15 is 0 Å². The van der Waals surface area contributed by atoms with Gasteiger partial charge in [-0.05, 0) is 24.7 Å². The molecular weight excluding hydrogens is 204 g/mol. The van der Waals surface area contributed by atoms with E-state index in [-0.39, 0.29) is 12.3 Å². The maximum atomic E-state index is 10.6. The summed E-state index contributed by atoms with van der Waals surface area (Å²) in [5, 5.41) is 18.5. The Labute approximate surface area is 97.2 Å². The Bertz CT molecular complexity index is 231. The maximum Gasteiger partial charge on any atom is 0.305 e. The normalized spacial score (nSPS) is 20.6. The van der Waals surface area contributed by atoms with Crippen molar-refractivity contribution >= 4 is 5.97 Å². The molecule has 3 nitrogen and oxygen atoms in total. The number of carboxylic acids is 1. The second kappa shape index (κ2) is 6.69. The summed E-state index contributed by atoms with van der Waals surface area (Å²) < 4.78 is 0. The van der Waals surface area contributed by atoms with E-state index in [1.54, 1.807) is 6.08 Å². The number of aliphatic hydroxyl groups is 1. The van der Waals surface area contributed by atoms with E-state index in [0.717, 1.165) is 6.42 Å². The number of carboxylic acid groups (broad SMARTS) is 1. The molecule has 0 radical (unpaired) electrons. The first kappa shape index (κ1) is 13.2. The van der Waals surface area contributed by atoms with Crippen LogP contribution in [-0.4, -0.2) is 22.3 Å². The van der Waals surface area contributed by atoms with Gasteiger partial charge in [-0.25, -0.2) is 0 Å². The first-order valence-electron chi connectivity index (χ1n) is 6.14. The van der Waals surface area contributed by atoms with Gasteiger partial charge in [0.2, 0.25) is 0 Å². The standard InChI is InChI=1S/C13H22O3/c1-2-5-11(12(14)9-13(15)16)8-10-6-3-4-7-10/h2,10-12,14H,1,3-9H2,(H,15,16). The summed E-state index contributed by atoms with van der Waals surface area (Å²) in [6, 6.07) is 0. The van der Waals surface area contributed by atoms with Crippen LogP contribution in [0.15, 0.2) is 12.7 Å². The van der Waals surface area contributed by atoms with E-state index in [4.69, 9.17) is 5.11 Å². The predicted molar refractivity (Wildman–Crippen MR) is 63.1 cm³/mol. The number of hydrogen-bond acceptors (Lipinski definition) is 2. The average Bonchev–Trinajstić information content (AvgIpc) is 2.68. The van der Waals surface area contributed by atoms with E-state index in [9.17, 15) is 9.90 Å². The molecule has 16 heavy (non-hydrogen) atoms. The third-order valence-electron chi connectivity index (χ3n) is 3.51. The van der Waals surface area contributed by atoms with Crippen molar-refractivity contribution in [3.05, 3.63) is 12.7 Å². The Morgan fingerprint density at radius 1 is 1.44 bits per heavy atom. The lowest BCUT2D eigenvalue weighted by molar-refractivity contribution is -0.140. The molecule has 0 aromatic heterocycles. The highest BCUT2D eigenvalue weighted by atomic mass is 16.4. The van der Waals surface area contributed by atoms with Crippen LogP contribution in [0.3, 0.4) is 0 Å². The minimum Gasteiger partial charge on any atom is -0.481 e. The van der Waals surface area contributed by atoms with Crippen molar-refractivity contribution in [1.82, 2.24) is 0 Å². The molecular formula is C13H22O3. The van der Waals surface area contributed by atoms with Crippen molar-refractivity contribution in [3.8, 4) is 0 Å². The lowest BCUT2D eigenvalue weighted by Gasteiger charge is -2.23. The molecule has 0 spiro atoms. The smallest absolute Gasteiger partial charge is 0.305 e. The zero-order valence-corrected chi connectivity index (χ0v) is 9.77. The van der Waals surface area contributed by atoms with Crippen LogP contribution in [-0.2, 0) is 4.79 Å². The van der Waals surface area contributed by atoms with Crippen molar-refractivity contribution in [3.63, 3.8) is 0 Å². The van der Waals surface area contributed by atoms with Gasteiger partial charge in [0, 0.05) is 0 Å². The average molecular weight is 226 g/mol. The van der Waals surface area contributed by atoms with E-state index in [2.05, 4.69) is 6.58 Å². The fourth-order valence-electron chi connectivity index (χ4n) is 2.64. The summed E-state index contributed by atoms with van der Waals surface area (Å²) in [6.07, 6.45) is 7.58. The number of aliphatic carboxylic acids is 1. The Morgan fingerprint density at radius 3 is 2.56 bits per heavy atom. The van der Waals surface area contributed by atoms with Crippen LogP contribution < -0.4 is 0 Å². The number of aliphatic hydroxyl groups excluding tert-OH is 1. The monoisotopic (exact) mass is 226 g/mol. The molecule has 2 N–H and O–H groups in total. The maximum absolute atomic E-state index is 10.6. The van der Waals surface area contributed by atoms with Gasteiger partial charge < -0.3 is 10.2 Å². The molecule has 3 heteroatoms. The van der Waals surface area contributed by atoms with Crippen LogP contribution in [0.25, 0.3) is 0 Å². The summed E-state index contributed by atoms with van der Waals surface area (Å²) in [5.41, 5.74) is 0. The summed E-state index contributed by atoms with van der Waals surface area (Å²) >= 11 is 0. The molecule has 0 bridgehead atoms. The lowest BCUT2D eigenvalue weighted by Crippen LogP contribution is -2.25. The third kappa shape index (κ3) is 4.35. The Balaban J connectivity index is 2.44. The van der Waals surface area contributed by atoms with E-state index in [1.165, 1.54) is 25.7 Å². The zero-order valence-electron chi connectivity index (χ0n) is 9.77. The minimum absolute atomic E-state index is 0.0664. The summed E-state index contributed by atoms with van der Waals surface area (Å²) in [7, 11) is 0. The van der Waals surface area contributed by atoms with Crippen LogP contribution in [0.4, 0.5) is 0 Å². The van der Waals surface area contributed by atoms with Gasteiger partial charge in [0.1, 0.15) is 0 Å². The van der Waals surface area contributed by atoms with Gasteiger partial charge >= 0.3 is 5.97 Å². The highest BCUT2D eigenvalue weighted by Crippen LogP contribution is 2.33. The van der Waals surface area contributed by atoms with Crippen LogP contribution in [0.5, 0.6) is 0 Å². The fourth-order valence-corrected chi connectivity index (χ4v) is 2.64. The van der Waals surface area contributed by atoms with Gasteiger partial charge in [-0.2, -0.15) is 0 Å². The summed E-state index contributed by atoms with van der Waals surface area (Å²) in [4.78, 5) is 10.6. The lowest BCUT2D eigenvalue weighted by atomic mass is 9.86. The van der Waals surface area contributed by atoms with E-state index in [0.29, 0.717) is 12.3 Å². The van der Waals surface area contributed by atoms with Gasteiger partial charge in [-0.1, -0.05) is 31.8 Å². The number of rotatable bonds is 7. The topological polar surface area (TPSA) is 57.5 Å². The van der Waals surface area contributed by atoms with Gasteiger partial charge in [-0.3, -0.25) is 4.79 Å². The van der Waals surface area contributed by atoms with Crippen LogP contribution in [0.2, 0.25) is 0 Å². The van der Waals surface area contributed by atoms with Crippen molar-refractivity contribution in [2.45, 2.75) is 51.0 Å². The van der Waals surface area contributed by atoms with Gasteiger partial charge in [0.05, 0.1) is 12.5 Å². The zero-order chi connectivity index (χ0) is 12.0. The van der Waals surface area contributed by atoms with Gasteiger partial charge in [0.25, 0.3) is 0 Å². The van der Waals surface area contributed by atoms with E-state index < -0.39 is 12.1 Å². The largest absolute Gasteiger partial charge is 0.481 e. The molecule has 1 aliphatic rings. The molecule has 1 rings (SSSR count). The summed E-state index contributed by atoms with van der Waals surface area (Å²) in [5.74, 6) is -0.182. The van der Waals surface area contributed by atoms with Crippen molar-refractivity contribution in [2.24, 2.45) is 11.8 Å². The quantitative estimate of drug-likeness (QED) is 0.656. The second-order valence-corrected chi connectivity index (χ2v) is 4.84. The molecule has 0 aromatic rings. The van der Waals surface area contributed by atoms with Crippen LogP contribution >= 0.6 is 0 Å². The SMILES string of the molecule is C=CCC(CC1CCCC1)C(O)CC(=O)O. The molecule has 0 aliphatic heterocycles. The minimum atomic E-state index is -0.923. The Hall–Kier alpha value is -0.830. The summed E-state index contributed by atoms with van der Waals surface area (Å²) in [6.45, 7) is 3.68. The van der Waals surface area contributed by atoms with Crippen molar-refractivity contribution in [2.75, 3.05) is 0 Å². The highest BCUT2D eigenvalue weighted by molar-refractivity contribution is 5.67. The van der Waals surface area contributed by atoms with Crippen molar-refractivity contribution in [1.29, 1.82) is 0 Å². The first-order chi connectivity index (χ1) is 7.63. The molecule has 0 aromatic carbocycles. The molecule has 2 unspecified atom stereocenters. The molecule has 1 saturated carbocycles. The Morgan fingerprint density at radius 2 is 2.06 bits per heavy atom. The molecule has 1 fully saturated rings. The number of allylic oxidation sites excluding steroid dienone is 1. The highest BCUT2D eigenvalue weighted by Gasteiger charge is 2.25. The third-order valence-corrected chi connectivity index (χ3v) is 3.51. The molecule has 0 heterocycles. The van der Waals surface area contributed by atoms with Crippen LogP contribution in [0, 0.1) is 11.8 Å². The van der Waals surface area contributed by atoms with Crippen LogP contribution in [0.1, 0.15) is 44.9 Å².